The topological polar surface area (TPSA) is 15.3 Å². The molecule has 0 aliphatic rings. The van der Waals surface area contributed by atoms with Crippen molar-refractivity contribution in [1.82, 2.24) is 10.2 Å². The van der Waals surface area contributed by atoms with Crippen LogP contribution in [0, 0.1) is 0 Å². The van der Waals surface area contributed by atoms with Gasteiger partial charge < -0.3 is 5.32 Å². The monoisotopic (exact) mass is 198 g/mol. The molecular weight excluding hydrogens is 172 g/mol. The SMILES string of the molecule is C=CCN(CCCCNCC)C(C)C. The molecule has 0 bridgehead atoms. The molecular formula is C12H26N2. The molecule has 1 N–H and O–H groups in total. The van der Waals surface area contributed by atoms with Gasteiger partial charge in [0, 0.05) is 12.6 Å². The Bertz CT molecular complexity index is 132. The van der Waals surface area contributed by atoms with E-state index in [-0.39, 0.29) is 0 Å². The van der Waals surface area contributed by atoms with Crippen molar-refractivity contribution in [3.63, 3.8) is 0 Å². The van der Waals surface area contributed by atoms with Crippen molar-refractivity contribution >= 4 is 0 Å². The highest BCUT2D eigenvalue weighted by Gasteiger charge is 2.05. The predicted molar refractivity (Wildman–Crippen MR) is 64.7 cm³/mol. The Morgan fingerprint density at radius 1 is 1.36 bits per heavy atom. The van der Waals surface area contributed by atoms with E-state index in [1.54, 1.807) is 0 Å². The maximum atomic E-state index is 3.79. The molecule has 84 valence electrons. The van der Waals surface area contributed by atoms with E-state index in [1.165, 1.54) is 19.4 Å². The summed E-state index contributed by atoms with van der Waals surface area (Å²) in [4.78, 5) is 2.46. The number of hydrogen-bond acceptors (Lipinski definition) is 2. The average molecular weight is 198 g/mol. The van der Waals surface area contributed by atoms with Crippen LogP contribution < -0.4 is 5.32 Å². The summed E-state index contributed by atoms with van der Waals surface area (Å²) in [7, 11) is 0. The van der Waals surface area contributed by atoms with Crippen molar-refractivity contribution in [2.75, 3.05) is 26.2 Å². The second-order valence-electron chi connectivity index (χ2n) is 3.94. The molecule has 2 heteroatoms. The van der Waals surface area contributed by atoms with Crippen LogP contribution in [-0.2, 0) is 0 Å². The molecule has 0 aliphatic carbocycles. The van der Waals surface area contributed by atoms with Gasteiger partial charge in [-0.3, -0.25) is 4.90 Å². The van der Waals surface area contributed by atoms with E-state index in [2.05, 4.69) is 37.6 Å². The summed E-state index contributed by atoms with van der Waals surface area (Å²) in [6.45, 7) is 14.9. The summed E-state index contributed by atoms with van der Waals surface area (Å²) < 4.78 is 0. The molecule has 0 aromatic heterocycles. The highest BCUT2D eigenvalue weighted by Crippen LogP contribution is 2.01. The Morgan fingerprint density at radius 3 is 2.57 bits per heavy atom. The van der Waals surface area contributed by atoms with Crippen LogP contribution in [0.1, 0.15) is 33.6 Å². The fourth-order valence-corrected chi connectivity index (χ4v) is 1.47. The quantitative estimate of drug-likeness (QED) is 0.452. The molecule has 0 saturated carbocycles. The molecule has 0 spiro atoms. The number of nitrogens with zero attached hydrogens (tertiary/aromatic N) is 1. The zero-order chi connectivity index (χ0) is 10.8. The molecule has 0 rings (SSSR count). The minimum atomic E-state index is 0.632. The van der Waals surface area contributed by atoms with Gasteiger partial charge in [0.05, 0.1) is 0 Å². The molecule has 0 unspecified atom stereocenters. The van der Waals surface area contributed by atoms with Crippen molar-refractivity contribution in [2.24, 2.45) is 0 Å². The van der Waals surface area contributed by atoms with Crippen molar-refractivity contribution < 1.29 is 0 Å². The van der Waals surface area contributed by atoms with Gasteiger partial charge in [0.25, 0.3) is 0 Å². The van der Waals surface area contributed by atoms with Crippen LogP contribution in [0.2, 0.25) is 0 Å². The van der Waals surface area contributed by atoms with Gasteiger partial charge in [-0.2, -0.15) is 0 Å². The second kappa shape index (κ2) is 9.22. The number of hydrogen-bond donors (Lipinski definition) is 1. The average Bonchev–Trinajstić information content (AvgIpc) is 2.15. The third kappa shape index (κ3) is 7.10. The third-order valence-electron chi connectivity index (χ3n) is 2.39. The summed E-state index contributed by atoms with van der Waals surface area (Å²) >= 11 is 0. The van der Waals surface area contributed by atoms with Crippen LogP contribution in [-0.4, -0.2) is 37.1 Å². The molecule has 0 heterocycles. The Kier molecular flexibility index (Phi) is 9.00. The van der Waals surface area contributed by atoms with E-state index >= 15 is 0 Å². The Hall–Kier alpha value is -0.340. The summed E-state index contributed by atoms with van der Waals surface area (Å²) in [6.07, 6.45) is 4.54. The second-order valence-corrected chi connectivity index (χ2v) is 3.94. The summed E-state index contributed by atoms with van der Waals surface area (Å²) in [5, 5.41) is 3.34. The van der Waals surface area contributed by atoms with Crippen molar-refractivity contribution in [3.8, 4) is 0 Å². The molecule has 0 amide bonds. The number of unbranched alkanes of at least 4 members (excludes halogenated alkanes) is 1. The van der Waals surface area contributed by atoms with E-state index in [0.717, 1.165) is 19.6 Å². The Labute approximate surface area is 89.4 Å². The van der Waals surface area contributed by atoms with Gasteiger partial charge in [0.15, 0.2) is 0 Å². The van der Waals surface area contributed by atoms with E-state index in [1.807, 2.05) is 6.08 Å². The smallest absolute Gasteiger partial charge is 0.0163 e. The predicted octanol–water partition coefficient (Wildman–Crippen LogP) is 2.27. The highest BCUT2D eigenvalue weighted by atomic mass is 15.1. The molecule has 2 nitrogen and oxygen atoms in total. The van der Waals surface area contributed by atoms with Crippen LogP contribution in [0.5, 0.6) is 0 Å². The van der Waals surface area contributed by atoms with Gasteiger partial charge in [-0.05, 0) is 46.3 Å². The first-order chi connectivity index (χ1) is 6.72. The first-order valence-electron chi connectivity index (χ1n) is 5.78. The van der Waals surface area contributed by atoms with Gasteiger partial charge in [0.1, 0.15) is 0 Å². The van der Waals surface area contributed by atoms with E-state index in [0.29, 0.717) is 6.04 Å². The maximum absolute atomic E-state index is 3.79. The van der Waals surface area contributed by atoms with E-state index in [9.17, 15) is 0 Å². The summed E-state index contributed by atoms with van der Waals surface area (Å²) in [6, 6.07) is 0.632. The normalized spacial score (nSPS) is 11.2. The summed E-state index contributed by atoms with van der Waals surface area (Å²) in [5.41, 5.74) is 0. The largest absolute Gasteiger partial charge is 0.317 e. The number of nitrogens with one attached hydrogen (secondary N) is 1. The lowest BCUT2D eigenvalue weighted by atomic mass is 10.2. The third-order valence-corrected chi connectivity index (χ3v) is 2.39. The van der Waals surface area contributed by atoms with Gasteiger partial charge in [-0.25, -0.2) is 0 Å². The van der Waals surface area contributed by atoms with Crippen molar-refractivity contribution in [1.29, 1.82) is 0 Å². The van der Waals surface area contributed by atoms with E-state index in [4.69, 9.17) is 0 Å². The van der Waals surface area contributed by atoms with Gasteiger partial charge >= 0.3 is 0 Å². The van der Waals surface area contributed by atoms with Gasteiger partial charge in [-0.1, -0.05) is 13.0 Å². The summed E-state index contributed by atoms with van der Waals surface area (Å²) in [5.74, 6) is 0. The molecule has 0 aromatic carbocycles. The first kappa shape index (κ1) is 13.7. The molecule has 0 radical (unpaired) electrons. The molecule has 0 aromatic rings. The van der Waals surface area contributed by atoms with Crippen LogP contribution in [0.25, 0.3) is 0 Å². The fraction of sp³-hybridized carbons (Fsp3) is 0.833. The highest BCUT2D eigenvalue weighted by molar-refractivity contribution is 4.75. The Balaban J connectivity index is 3.45. The minimum absolute atomic E-state index is 0.632. The van der Waals surface area contributed by atoms with Crippen LogP contribution in [0.3, 0.4) is 0 Å². The van der Waals surface area contributed by atoms with Crippen LogP contribution in [0.4, 0.5) is 0 Å². The molecule has 0 atom stereocenters. The molecule has 0 saturated heterocycles. The maximum Gasteiger partial charge on any atom is 0.0163 e. The zero-order valence-corrected chi connectivity index (χ0v) is 10.1. The Morgan fingerprint density at radius 2 is 2.07 bits per heavy atom. The standard InChI is InChI=1S/C12H26N2/c1-5-10-14(12(3)4)11-8-7-9-13-6-2/h5,12-13H,1,6-11H2,2-4H3. The van der Waals surface area contributed by atoms with E-state index < -0.39 is 0 Å². The first-order valence-corrected chi connectivity index (χ1v) is 5.78. The van der Waals surface area contributed by atoms with Crippen molar-refractivity contribution in [2.45, 2.75) is 39.7 Å². The molecule has 14 heavy (non-hydrogen) atoms. The lowest BCUT2D eigenvalue weighted by Gasteiger charge is -2.24. The van der Waals surface area contributed by atoms with Gasteiger partial charge in [-0.15, -0.1) is 6.58 Å². The van der Waals surface area contributed by atoms with Crippen LogP contribution >= 0.6 is 0 Å². The minimum Gasteiger partial charge on any atom is -0.317 e. The van der Waals surface area contributed by atoms with Gasteiger partial charge in [0.2, 0.25) is 0 Å². The van der Waals surface area contributed by atoms with Crippen LogP contribution in [0.15, 0.2) is 12.7 Å². The fourth-order valence-electron chi connectivity index (χ4n) is 1.47. The lowest BCUT2D eigenvalue weighted by molar-refractivity contribution is 0.241. The zero-order valence-electron chi connectivity index (χ0n) is 10.1. The molecule has 0 aliphatic heterocycles. The van der Waals surface area contributed by atoms with Crippen molar-refractivity contribution in [3.05, 3.63) is 12.7 Å². The lowest BCUT2D eigenvalue weighted by Crippen LogP contribution is -2.32. The molecule has 0 fully saturated rings. The number of rotatable bonds is 9.